The third-order valence-electron chi connectivity index (χ3n) is 2.71. The second kappa shape index (κ2) is 6.94. The fraction of sp³-hybridized carbons (Fsp3) is 0.538. The molecule has 0 saturated heterocycles. The van der Waals surface area contributed by atoms with Gasteiger partial charge in [-0.2, -0.15) is 0 Å². The molecule has 3 heteroatoms. The SMILES string of the molecule is CC(CSc1ccccc1)[C@@H](O)[C@H](C)CO. The van der Waals surface area contributed by atoms with E-state index in [2.05, 4.69) is 12.1 Å². The van der Waals surface area contributed by atoms with Gasteiger partial charge in [0.15, 0.2) is 0 Å². The number of hydrogen-bond donors (Lipinski definition) is 2. The minimum atomic E-state index is -0.429. The highest BCUT2D eigenvalue weighted by Gasteiger charge is 2.20. The third-order valence-corrected chi connectivity index (χ3v) is 4.01. The van der Waals surface area contributed by atoms with Gasteiger partial charge in [0.2, 0.25) is 0 Å². The maximum Gasteiger partial charge on any atom is 0.0621 e. The van der Waals surface area contributed by atoms with Gasteiger partial charge < -0.3 is 10.2 Å². The van der Waals surface area contributed by atoms with Crippen LogP contribution in [0.25, 0.3) is 0 Å². The molecular weight excluding hydrogens is 220 g/mol. The maximum atomic E-state index is 9.89. The van der Waals surface area contributed by atoms with Crippen molar-refractivity contribution in [1.82, 2.24) is 0 Å². The Bertz CT molecular complexity index is 289. The molecule has 0 aliphatic rings. The largest absolute Gasteiger partial charge is 0.396 e. The molecule has 1 aromatic rings. The van der Waals surface area contributed by atoms with Crippen LogP contribution in [0.5, 0.6) is 0 Å². The molecule has 3 atom stereocenters. The predicted octanol–water partition coefficient (Wildman–Crippen LogP) is 2.40. The molecule has 0 spiro atoms. The molecule has 2 N–H and O–H groups in total. The van der Waals surface area contributed by atoms with Gasteiger partial charge in [0.1, 0.15) is 0 Å². The monoisotopic (exact) mass is 240 g/mol. The molecule has 0 bridgehead atoms. The second-order valence-electron chi connectivity index (χ2n) is 4.25. The average molecular weight is 240 g/mol. The zero-order chi connectivity index (χ0) is 12.0. The summed E-state index contributed by atoms with van der Waals surface area (Å²) < 4.78 is 0. The van der Waals surface area contributed by atoms with Crippen LogP contribution >= 0.6 is 11.8 Å². The van der Waals surface area contributed by atoms with E-state index in [4.69, 9.17) is 5.11 Å². The molecule has 2 nitrogen and oxygen atoms in total. The van der Waals surface area contributed by atoms with E-state index in [1.807, 2.05) is 32.0 Å². The van der Waals surface area contributed by atoms with Gasteiger partial charge in [-0.3, -0.25) is 0 Å². The molecule has 0 fully saturated rings. The molecule has 0 aliphatic heterocycles. The van der Waals surface area contributed by atoms with Crippen molar-refractivity contribution < 1.29 is 10.2 Å². The smallest absolute Gasteiger partial charge is 0.0621 e. The van der Waals surface area contributed by atoms with Gasteiger partial charge in [0, 0.05) is 23.2 Å². The zero-order valence-electron chi connectivity index (χ0n) is 9.84. The first kappa shape index (κ1) is 13.6. The highest BCUT2D eigenvalue weighted by atomic mass is 32.2. The number of hydrogen-bond acceptors (Lipinski definition) is 3. The van der Waals surface area contributed by atoms with Crippen LogP contribution in [0.3, 0.4) is 0 Å². The summed E-state index contributed by atoms with van der Waals surface area (Å²) >= 11 is 1.74. The lowest BCUT2D eigenvalue weighted by molar-refractivity contribution is 0.0442. The van der Waals surface area contributed by atoms with Crippen LogP contribution < -0.4 is 0 Å². The first-order chi connectivity index (χ1) is 7.65. The molecule has 0 aromatic heterocycles. The Hall–Kier alpha value is -0.510. The topological polar surface area (TPSA) is 40.5 Å². The lowest BCUT2D eigenvalue weighted by atomic mass is 9.96. The van der Waals surface area contributed by atoms with Gasteiger partial charge >= 0.3 is 0 Å². The maximum absolute atomic E-state index is 9.89. The molecule has 1 unspecified atom stereocenters. The third kappa shape index (κ3) is 4.16. The van der Waals surface area contributed by atoms with Crippen molar-refractivity contribution in [2.75, 3.05) is 12.4 Å². The minimum absolute atomic E-state index is 0.0432. The number of benzene rings is 1. The number of aliphatic hydroxyl groups is 2. The number of aliphatic hydroxyl groups excluding tert-OH is 2. The summed E-state index contributed by atoms with van der Waals surface area (Å²) in [6.07, 6.45) is -0.429. The Morgan fingerprint density at radius 2 is 1.75 bits per heavy atom. The Kier molecular flexibility index (Phi) is 5.88. The molecule has 1 rings (SSSR count). The first-order valence-corrected chi connectivity index (χ1v) is 6.60. The van der Waals surface area contributed by atoms with Crippen molar-refractivity contribution in [3.8, 4) is 0 Å². The molecule has 1 aromatic carbocycles. The molecule has 90 valence electrons. The van der Waals surface area contributed by atoms with E-state index in [-0.39, 0.29) is 18.4 Å². The van der Waals surface area contributed by atoms with Gasteiger partial charge in [-0.25, -0.2) is 0 Å². The summed E-state index contributed by atoms with van der Waals surface area (Å²) in [5, 5.41) is 18.9. The van der Waals surface area contributed by atoms with Gasteiger partial charge in [-0.1, -0.05) is 32.0 Å². The Labute approximate surface area is 102 Å². The Morgan fingerprint density at radius 3 is 2.31 bits per heavy atom. The van der Waals surface area contributed by atoms with Crippen molar-refractivity contribution >= 4 is 11.8 Å². The fourth-order valence-electron chi connectivity index (χ4n) is 1.51. The van der Waals surface area contributed by atoms with Gasteiger partial charge in [0.25, 0.3) is 0 Å². The predicted molar refractivity (Wildman–Crippen MR) is 68.6 cm³/mol. The molecule has 0 radical (unpaired) electrons. The summed E-state index contributed by atoms with van der Waals surface area (Å²) in [7, 11) is 0. The van der Waals surface area contributed by atoms with Crippen molar-refractivity contribution in [3.05, 3.63) is 30.3 Å². The van der Waals surface area contributed by atoms with Crippen molar-refractivity contribution in [1.29, 1.82) is 0 Å². The normalized spacial score (nSPS) is 16.8. The fourth-order valence-corrected chi connectivity index (χ4v) is 2.51. The lowest BCUT2D eigenvalue weighted by Gasteiger charge is -2.23. The minimum Gasteiger partial charge on any atom is -0.396 e. The highest BCUT2D eigenvalue weighted by molar-refractivity contribution is 7.99. The van der Waals surface area contributed by atoms with Crippen LogP contribution in [0.4, 0.5) is 0 Å². The van der Waals surface area contributed by atoms with Gasteiger partial charge in [-0.15, -0.1) is 11.8 Å². The summed E-state index contributed by atoms with van der Waals surface area (Å²) in [5.41, 5.74) is 0. The molecule has 0 aliphatic carbocycles. The van der Waals surface area contributed by atoms with E-state index < -0.39 is 6.10 Å². The standard InChI is InChI=1S/C13H20O2S/c1-10(8-14)13(15)11(2)9-16-12-6-4-3-5-7-12/h3-7,10-11,13-15H,8-9H2,1-2H3/t10-,11?,13+/m1/s1. The summed E-state index contributed by atoms with van der Waals surface area (Å²) in [6, 6.07) is 10.2. The lowest BCUT2D eigenvalue weighted by Crippen LogP contribution is -2.29. The Morgan fingerprint density at radius 1 is 1.12 bits per heavy atom. The van der Waals surface area contributed by atoms with Crippen LogP contribution in [-0.2, 0) is 0 Å². The van der Waals surface area contributed by atoms with Crippen molar-refractivity contribution in [2.45, 2.75) is 24.8 Å². The number of rotatable bonds is 6. The summed E-state index contributed by atoms with van der Waals surface area (Å²) in [5.74, 6) is 1.01. The molecule has 0 saturated carbocycles. The molecule has 0 amide bonds. The van der Waals surface area contributed by atoms with Crippen LogP contribution in [0, 0.1) is 11.8 Å². The average Bonchev–Trinajstić information content (AvgIpc) is 2.35. The Balaban J connectivity index is 2.38. The molecule has 0 heterocycles. The van der Waals surface area contributed by atoms with Gasteiger partial charge in [0.05, 0.1) is 6.10 Å². The van der Waals surface area contributed by atoms with E-state index in [0.717, 1.165) is 5.75 Å². The van der Waals surface area contributed by atoms with E-state index >= 15 is 0 Å². The van der Waals surface area contributed by atoms with Crippen molar-refractivity contribution in [3.63, 3.8) is 0 Å². The van der Waals surface area contributed by atoms with E-state index in [1.54, 1.807) is 11.8 Å². The zero-order valence-corrected chi connectivity index (χ0v) is 10.7. The molecular formula is C13H20O2S. The van der Waals surface area contributed by atoms with Crippen LogP contribution in [0.1, 0.15) is 13.8 Å². The van der Waals surface area contributed by atoms with E-state index in [9.17, 15) is 5.11 Å². The second-order valence-corrected chi connectivity index (χ2v) is 5.35. The highest BCUT2D eigenvalue weighted by Crippen LogP contribution is 2.23. The van der Waals surface area contributed by atoms with Crippen LogP contribution in [0.2, 0.25) is 0 Å². The van der Waals surface area contributed by atoms with E-state index in [1.165, 1.54) is 4.90 Å². The van der Waals surface area contributed by atoms with Gasteiger partial charge in [-0.05, 0) is 18.1 Å². The quantitative estimate of drug-likeness (QED) is 0.750. The first-order valence-electron chi connectivity index (χ1n) is 5.62. The summed E-state index contributed by atoms with van der Waals surface area (Å²) in [4.78, 5) is 1.22. The van der Waals surface area contributed by atoms with Crippen molar-refractivity contribution in [2.24, 2.45) is 11.8 Å². The van der Waals surface area contributed by atoms with Crippen LogP contribution in [-0.4, -0.2) is 28.7 Å². The number of thioether (sulfide) groups is 1. The van der Waals surface area contributed by atoms with Crippen LogP contribution in [0.15, 0.2) is 35.2 Å². The summed E-state index contributed by atoms with van der Waals surface area (Å²) in [6.45, 7) is 3.93. The molecule has 16 heavy (non-hydrogen) atoms. The van der Waals surface area contributed by atoms with E-state index in [0.29, 0.717) is 0 Å².